The van der Waals surface area contributed by atoms with Gasteiger partial charge in [-0.15, -0.1) is 0 Å². The van der Waals surface area contributed by atoms with Crippen molar-refractivity contribution in [1.82, 2.24) is 0 Å². The van der Waals surface area contributed by atoms with E-state index in [0.717, 1.165) is 179 Å². The van der Waals surface area contributed by atoms with Crippen LogP contribution in [-0.4, -0.2) is 82.2 Å². The van der Waals surface area contributed by atoms with Gasteiger partial charge < -0.3 is 32.9 Å². The number of hydrogen-bond acceptors (Lipinski definition) is 14. The van der Waals surface area contributed by atoms with Gasteiger partial charge in [-0.2, -0.15) is 0 Å². The molecule has 22 heteroatoms. The normalized spacial score (nSPS) is 42.0. The molecule has 5 aliphatic heterocycles. The zero-order chi connectivity index (χ0) is 41.7. The monoisotopic (exact) mass is 984 g/mol. The predicted octanol–water partition coefficient (Wildman–Crippen LogP) is 9.75. The molecule has 0 aromatic heterocycles. The highest BCUT2D eigenvalue weighted by Gasteiger charge is 2.84. The lowest BCUT2D eigenvalue weighted by molar-refractivity contribution is -0.0222. The fourth-order valence-corrected chi connectivity index (χ4v) is 56.4. The Hall–Kier alpha value is 0.801. The van der Waals surface area contributed by atoms with Crippen LogP contribution in [0.3, 0.4) is 0 Å². The maximum Gasteiger partial charge on any atom is 0.504 e. The van der Waals surface area contributed by atoms with E-state index in [1.165, 1.54) is 0 Å². The molecule has 6 saturated carbocycles. The molecule has 11 fully saturated rings. The maximum atomic E-state index is 13.9. The lowest BCUT2D eigenvalue weighted by atomic mass is 10.0. The van der Waals surface area contributed by atoms with E-state index in [1.54, 1.807) is 0 Å². The number of rotatable bonds is 10. The fraction of sp³-hybridized carbons (Fsp3) is 1.00. The second kappa shape index (κ2) is 18.1. The third kappa shape index (κ3) is 9.37. The van der Waals surface area contributed by atoms with E-state index in [2.05, 4.69) is 0 Å². The maximum absolute atomic E-state index is 13.9. The molecular formula is C38H72O14S2Si6. The zero-order valence-corrected chi connectivity index (χ0v) is 43.8. The van der Waals surface area contributed by atoms with Crippen LogP contribution in [0, 0.1) is 0 Å². The summed E-state index contributed by atoms with van der Waals surface area (Å²) < 4.78 is 133. The molecule has 11 rings (SSSR count). The van der Waals surface area contributed by atoms with Crippen molar-refractivity contribution in [3.05, 3.63) is 0 Å². The smallest absolute Gasteiger partial charge is 0.373 e. The molecule has 0 aromatic rings. The largest absolute Gasteiger partial charge is 0.504 e. The van der Waals surface area contributed by atoms with Crippen LogP contribution in [0.15, 0.2) is 0 Å². The zero-order valence-electron chi connectivity index (χ0n) is 36.2. The van der Waals surface area contributed by atoms with Crippen LogP contribution in [0.25, 0.3) is 0 Å². The summed E-state index contributed by atoms with van der Waals surface area (Å²) in [6, 6.07) is 0. The summed E-state index contributed by atoms with van der Waals surface area (Å²) >= 11 is 0. The van der Waals surface area contributed by atoms with Crippen molar-refractivity contribution in [3.63, 3.8) is 0 Å². The molecule has 0 amide bonds. The highest BCUT2D eigenvalue weighted by atomic mass is 32.2. The fourth-order valence-electron chi connectivity index (χ4n) is 12.6. The Morgan fingerprint density at radius 1 is 0.300 bits per heavy atom. The van der Waals surface area contributed by atoms with Crippen molar-refractivity contribution in [2.45, 2.75) is 226 Å². The number of fused-ring (bicyclic) bond motifs is 4. The van der Waals surface area contributed by atoms with Crippen LogP contribution < -0.4 is 0 Å². The van der Waals surface area contributed by atoms with Gasteiger partial charge in [0, 0.05) is 33.2 Å². The first-order valence-corrected chi connectivity index (χ1v) is 38.6. The first-order valence-electron chi connectivity index (χ1n) is 24.1. The lowest BCUT2D eigenvalue weighted by Gasteiger charge is -2.64. The molecule has 5 saturated heterocycles. The molecule has 0 radical (unpaired) electrons. The number of hydrogen-bond donors (Lipinski definition) is 0. The van der Waals surface area contributed by atoms with E-state index in [0.29, 0.717) is 25.7 Å². The van der Waals surface area contributed by atoms with Crippen molar-refractivity contribution in [2.24, 2.45) is 0 Å². The first kappa shape index (κ1) is 45.9. The summed E-state index contributed by atoms with van der Waals surface area (Å²) in [5, 5.41) is 0. The van der Waals surface area contributed by atoms with Crippen LogP contribution in [-0.2, 0) is 60.9 Å². The predicted molar refractivity (Wildman–Crippen MR) is 236 cm³/mol. The van der Waals surface area contributed by atoms with Gasteiger partial charge in [0.15, 0.2) is 0 Å². The van der Waals surface area contributed by atoms with Crippen LogP contribution in [0.1, 0.15) is 193 Å². The second-order valence-electron chi connectivity index (χ2n) is 20.0. The van der Waals surface area contributed by atoms with Crippen LogP contribution in [0.5, 0.6) is 0 Å². The summed E-state index contributed by atoms with van der Waals surface area (Å²) in [6.45, 7) is 0. The minimum atomic E-state index is -4.37. The van der Waals surface area contributed by atoms with Crippen molar-refractivity contribution < 1.29 is 57.5 Å². The standard InChI is InChI=1S/C38H72O14S2Si6/c1-53(39,40)43-55(33-21-9-3-10-22-33)45-57(35-25-13-5-14-26-35)49-59(37-29-17-7-18-30-37)47-56(44-54(2,41)42,34-23-11-4-12-24-34)48-60(50-57,38-31-19-8-20-32-38)52-58(46-55,51-59)36-27-15-6-16-28-36/h33-38H,3-32H2,1-2H3. The summed E-state index contributed by atoms with van der Waals surface area (Å²) in [6.07, 6.45) is 28.7. The van der Waals surface area contributed by atoms with Gasteiger partial charge in [0.05, 0.1) is 12.5 Å². The van der Waals surface area contributed by atoms with E-state index in [9.17, 15) is 16.8 Å². The summed E-state index contributed by atoms with van der Waals surface area (Å²) in [5.74, 6) is 0. The van der Waals surface area contributed by atoms with E-state index in [1.807, 2.05) is 0 Å². The SMILES string of the molecule is CS(=O)(=O)O[Si]1(C2CCCCC2)O[Si]2(C3CCCCC3)O[Si]3(C4CCCCC4)O[Si](C4CCCCC4)(O[Si](C4CCCCC4)(O2)O[Si](OS(C)(=O)=O)(C2CCCCC2)O3)O1. The Bertz CT molecular complexity index is 1510. The van der Waals surface area contributed by atoms with Crippen LogP contribution >= 0.6 is 0 Å². The summed E-state index contributed by atoms with van der Waals surface area (Å²) in [7, 11) is -34.2. The molecule has 6 aliphatic carbocycles. The van der Waals surface area contributed by atoms with Gasteiger partial charge in [-0.3, -0.25) is 7.74 Å². The molecule has 5 heterocycles. The first-order chi connectivity index (χ1) is 28.7. The van der Waals surface area contributed by atoms with Crippen molar-refractivity contribution in [1.29, 1.82) is 0 Å². The van der Waals surface area contributed by atoms with Gasteiger partial charge in [-0.05, 0) is 77.0 Å². The Morgan fingerprint density at radius 2 is 0.483 bits per heavy atom. The van der Waals surface area contributed by atoms with E-state index >= 15 is 0 Å². The van der Waals surface area contributed by atoms with Gasteiger partial charge in [0.25, 0.3) is 20.2 Å². The Kier molecular flexibility index (Phi) is 13.9. The Morgan fingerprint density at radius 3 is 0.667 bits per heavy atom. The van der Waals surface area contributed by atoms with Crippen LogP contribution in [0.2, 0.25) is 33.2 Å². The molecule has 0 aromatic carbocycles. The van der Waals surface area contributed by atoms with Crippen LogP contribution in [0.4, 0.5) is 0 Å². The van der Waals surface area contributed by atoms with Gasteiger partial charge in [-0.1, -0.05) is 116 Å². The molecule has 11 aliphatic rings. The molecule has 0 unspecified atom stereocenters. The lowest BCUT2D eigenvalue weighted by Crippen LogP contribution is -2.87. The van der Waals surface area contributed by atoms with Gasteiger partial charge in [-0.25, -0.2) is 16.8 Å². The minimum Gasteiger partial charge on any atom is -0.373 e. The molecule has 0 spiro atoms. The quantitative estimate of drug-likeness (QED) is 0.190. The van der Waals surface area contributed by atoms with Gasteiger partial charge in [0.2, 0.25) is 0 Å². The summed E-state index contributed by atoms with van der Waals surface area (Å²) in [5.41, 5.74) is -1.51. The molecule has 344 valence electrons. The van der Waals surface area contributed by atoms with Crippen molar-refractivity contribution in [2.75, 3.05) is 12.5 Å². The third-order valence-corrected chi connectivity index (χ3v) is 47.4. The van der Waals surface area contributed by atoms with Crippen molar-refractivity contribution >= 4 is 73.1 Å². The molecular weight excluding hydrogens is 913 g/mol. The van der Waals surface area contributed by atoms with E-state index < -0.39 is 73.1 Å². The minimum absolute atomic E-state index is 0.222. The van der Waals surface area contributed by atoms with Crippen molar-refractivity contribution in [3.8, 4) is 0 Å². The average molecular weight is 986 g/mol. The Balaban J connectivity index is 1.35. The summed E-state index contributed by atoms with van der Waals surface area (Å²) in [4.78, 5) is 0. The van der Waals surface area contributed by atoms with Gasteiger partial charge >= 0.3 is 52.8 Å². The molecule has 14 nitrogen and oxygen atoms in total. The Labute approximate surface area is 366 Å². The topological polar surface area (TPSA) is 161 Å². The van der Waals surface area contributed by atoms with Gasteiger partial charge in [0.1, 0.15) is 0 Å². The average Bonchev–Trinajstić information content (AvgIpc) is 3.22. The second-order valence-corrected chi connectivity index (χ2v) is 42.8. The van der Waals surface area contributed by atoms with E-state index in [-0.39, 0.29) is 33.2 Å². The highest BCUT2D eigenvalue weighted by molar-refractivity contribution is 7.87. The van der Waals surface area contributed by atoms with E-state index in [4.69, 9.17) is 40.7 Å². The molecule has 0 N–H and O–H groups in total. The molecule has 4 bridgehead atoms. The molecule has 60 heavy (non-hydrogen) atoms. The highest BCUT2D eigenvalue weighted by Crippen LogP contribution is 2.63. The molecule has 0 atom stereocenters. The third-order valence-electron chi connectivity index (χ3n) is 15.4.